The molecule has 0 bridgehead atoms. The number of ether oxygens (including phenoxy) is 2. The molecule has 0 aliphatic carbocycles. The lowest BCUT2D eigenvalue weighted by molar-refractivity contribution is -0.119. The van der Waals surface area contributed by atoms with Gasteiger partial charge in [0.1, 0.15) is 18.8 Å². The van der Waals surface area contributed by atoms with Gasteiger partial charge in [-0.3, -0.25) is 4.79 Å². The Morgan fingerprint density at radius 1 is 1.57 bits per heavy atom. The van der Waals surface area contributed by atoms with Gasteiger partial charge in [0.25, 0.3) is 5.91 Å². The van der Waals surface area contributed by atoms with Crippen molar-refractivity contribution in [1.82, 2.24) is 10.4 Å². The average molecular weight is 413 g/mol. The molecule has 1 amide bonds. The first kappa shape index (κ1) is 23.7. The van der Waals surface area contributed by atoms with E-state index >= 15 is 0 Å². The van der Waals surface area contributed by atoms with Gasteiger partial charge in [0.15, 0.2) is 0 Å². The molecule has 0 aromatic heterocycles. The third kappa shape index (κ3) is 7.67. The number of amides is 1. The van der Waals surface area contributed by atoms with Crippen molar-refractivity contribution in [2.45, 2.75) is 45.6 Å². The predicted octanol–water partition coefficient (Wildman–Crippen LogP) is 2.82. The van der Waals surface area contributed by atoms with Crippen molar-refractivity contribution >= 4 is 12.1 Å². The Morgan fingerprint density at radius 2 is 2.40 bits per heavy atom. The van der Waals surface area contributed by atoms with Gasteiger partial charge in [0, 0.05) is 44.0 Å². The number of piperidine rings is 1. The van der Waals surface area contributed by atoms with E-state index in [9.17, 15) is 4.79 Å². The van der Waals surface area contributed by atoms with Crippen molar-refractivity contribution in [3.05, 3.63) is 24.4 Å². The van der Waals surface area contributed by atoms with E-state index in [1.165, 1.54) is 0 Å². The molecule has 2 aliphatic rings. The zero-order valence-corrected chi connectivity index (χ0v) is 18.0. The topological polar surface area (TPSA) is 86.9 Å². The molecular weight excluding hydrogens is 380 g/mol. The number of allylic oxidation sites excluding steroid dienone is 2. The molecule has 0 spiro atoms. The number of aliphatic imine (C=N–C) groups is 1. The largest absolute Gasteiger partial charge is 0.446 e. The summed E-state index contributed by atoms with van der Waals surface area (Å²) in [5.41, 5.74) is 4.39. The zero-order chi connectivity index (χ0) is 21.8. The van der Waals surface area contributed by atoms with E-state index in [0.29, 0.717) is 18.9 Å². The molecule has 2 rings (SSSR count). The smallest absolute Gasteiger partial charge is 0.268 e. The number of carbonyl (C=O) groups excluding carboxylic acids is 1. The third-order valence-electron chi connectivity index (χ3n) is 4.95. The second-order valence-electron chi connectivity index (χ2n) is 7.71. The van der Waals surface area contributed by atoms with Crippen LogP contribution in [-0.2, 0) is 14.3 Å². The molecule has 7 nitrogen and oxygen atoms in total. The highest BCUT2D eigenvalue weighted by Crippen LogP contribution is 2.28. The normalized spacial score (nSPS) is 22.3. The number of hydrazine groups is 1. The number of hydrogen-bond acceptors (Lipinski definition) is 6. The Hall–Kier alpha value is -2.61. The highest BCUT2D eigenvalue weighted by molar-refractivity contribution is 5.91. The SMILES string of the molecule is C=CC(C#N)CC#COCC(C)C=NC(=O)[C@H]1C=C2CC(COCCC)CCN2N1. The van der Waals surface area contributed by atoms with E-state index in [1.54, 1.807) is 12.3 Å². The number of carbonyl (C=O) groups is 1. The lowest BCUT2D eigenvalue weighted by atomic mass is 9.96. The Morgan fingerprint density at radius 3 is 3.13 bits per heavy atom. The van der Waals surface area contributed by atoms with Crippen molar-refractivity contribution in [2.75, 3.05) is 26.4 Å². The molecule has 0 aromatic rings. The summed E-state index contributed by atoms with van der Waals surface area (Å²) in [4.78, 5) is 16.5. The molecule has 0 radical (unpaired) electrons. The molecule has 0 saturated carbocycles. The Labute approximate surface area is 179 Å². The molecule has 4 atom stereocenters. The summed E-state index contributed by atoms with van der Waals surface area (Å²) in [5, 5.41) is 10.9. The van der Waals surface area contributed by atoms with Crippen molar-refractivity contribution in [2.24, 2.45) is 22.7 Å². The van der Waals surface area contributed by atoms with Gasteiger partial charge >= 0.3 is 0 Å². The van der Waals surface area contributed by atoms with Gasteiger partial charge < -0.3 is 14.5 Å². The van der Waals surface area contributed by atoms with E-state index in [-0.39, 0.29) is 17.7 Å². The van der Waals surface area contributed by atoms with Crippen molar-refractivity contribution in [3.8, 4) is 18.1 Å². The lowest BCUT2D eigenvalue weighted by Crippen LogP contribution is -2.43. The highest BCUT2D eigenvalue weighted by Gasteiger charge is 2.32. The molecule has 1 N–H and O–H groups in total. The minimum absolute atomic E-state index is 0.0499. The summed E-state index contributed by atoms with van der Waals surface area (Å²) in [6, 6.07) is 1.67. The van der Waals surface area contributed by atoms with E-state index in [4.69, 9.17) is 14.7 Å². The molecule has 30 heavy (non-hydrogen) atoms. The van der Waals surface area contributed by atoms with Crippen molar-refractivity contribution < 1.29 is 14.3 Å². The molecule has 7 heteroatoms. The quantitative estimate of drug-likeness (QED) is 0.257. The predicted molar refractivity (Wildman–Crippen MR) is 116 cm³/mol. The fraction of sp³-hybridized carbons (Fsp3) is 0.609. The summed E-state index contributed by atoms with van der Waals surface area (Å²) < 4.78 is 11.0. The fourth-order valence-electron chi connectivity index (χ4n) is 3.21. The van der Waals surface area contributed by atoms with Gasteiger partial charge in [0.2, 0.25) is 0 Å². The number of rotatable bonds is 10. The van der Waals surface area contributed by atoms with Crippen LogP contribution in [0.15, 0.2) is 29.4 Å². The molecule has 3 unspecified atom stereocenters. The van der Waals surface area contributed by atoms with Crippen LogP contribution >= 0.6 is 0 Å². The van der Waals surface area contributed by atoms with Crippen LogP contribution in [0, 0.1) is 41.1 Å². The third-order valence-corrected chi connectivity index (χ3v) is 4.95. The number of nitrogens with one attached hydrogen (secondary N) is 1. The Balaban J connectivity index is 1.74. The van der Waals surface area contributed by atoms with Crippen LogP contribution in [0.1, 0.15) is 39.5 Å². The van der Waals surface area contributed by atoms with Crippen LogP contribution in [0.3, 0.4) is 0 Å². The summed E-state index contributed by atoms with van der Waals surface area (Å²) in [5.74, 6) is 2.75. The lowest BCUT2D eigenvalue weighted by Gasteiger charge is -2.32. The first-order valence-corrected chi connectivity index (χ1v) is 10.6. The van der Waals surface area contributed by atoms with Crippen LogP contribution in [0.4, 0.5) is 0 Å². The first-order valence-electron chi connectivity index (χ1n) is 10.6. The van der Waals surface area contributed by atoms with Crippen LogP contribution in [-0.4, -0.2) is 49.5 Å². The minimum Gasteiger partial charge on any atom is -0.446 e. The maximum Gasteiger partial charge on any atom is 0.268 e. The summed E-state index contributed by atoms with van der Waals surface area (Å²) in [6.07, 6.45) is 11.1. The van der Waals surface area contributed by atoms with Crippen LogP contribution in [0.2, 0.25) is 0 Å². The highest BCUT2D eigenvalue weighted by atomic mass is 16.5. The molecule has 2 aliphatic heterocycles. The number of nitriles is 1. The standard InChI is InChI=1S/C23H32N4O3/c1-4-10-29-17-20-8-9-27-21(12-20)13-22(26-27)23(28)25-15-18(3)16-30-11-6-7-19(5-2)14-24/h5,13,15,18-20,22,26H,2,4,7-10,12,16-17H2,1,3H3/t18?,19?,20?,22-/m1/s1. The molecular formula is C23H32N4O3. The van der Waals surface area contributed by atoms with Gasteiger partial charge in [-0.05, 0) is 31.3 Å². The minimum atomic E-state index is -0.415. The number of nitrogens with zero attached hydrogens (tertiary/aromatic N) is 3. The monoisotopic (exact) mass is 412 g/mol. The zero-order valence-electron chi connectivity index (χ0n) is 18.0. The first-order chi connectivity index (χ1) is 14.6. The van der Waals surface area contributed by atoms with Gasteiger partial charge in [0.05, 0.1) is 12.0 Å². The second kappa shape index (κ2) is 12.8. The summed E-state index contributed by atoms with van der Waals surface area (Å²) >= 11 is 0. The van der Waals surface area contributed by atoms with Crippen molar-refractivity contribution in [1.29, 1.82) is 5.26 Å². The number of fused-ring (bicyclic) bond motifs is 1. The van der Waals surface area contributed by atoms with E-state index in [0.717, 1.165) is 44.7 Å². The Bertz CT molecular complexity index is 744. The second-order valence-corrected chi connectivity index (χ2v) is 7.71. The van der Waals surface area contributed by atoms with Gasteiger partial charge in [-0.25, -0.2) is 10.4 Å². The van der Waals surface area contributed by atoms with Crippen LogP contribution in [0.25, 0.3) is 0 Å². The molecule has 162 valence electrons. The maximum absolute atomic E-state index is 12.4. The molecule has 2 heterocycles. The molecule has 0 aromatic carbocycles. The van der Waals surface area contributed by atoms with Gasteiger partial charge in [-0.2, -0.15) is 5.26 Å². The van der Waals surface area contributed by atoms with Crippen molar-refractivity contribution in [3.63, 3.8) is 0 Å². The van der Waals surface area contributed by atoms with E-state index < -0.39 is 6.04 Å². The molecule has 1 fully saturated rings. The average Bonchev–Trinajstić information content (AvgIpc) is 3.18. The molecule has 1 saturated heterocycles. The number of hydrogen-bond donors (Lipinski definition) is 1. The van der Waals surface area contributed by atoms with Gasteiger partial charge in [-0.15, -0.1) is 6.58 Å². The van der Waals surface area contributed by atoms with E-state index in [2.05, 4.69) is 47.0 Å². The van der Waals surface area contributed by atoms with Gasteiger partial charge in [-0.1, -0.05) is 25.8 Å². The van der Waals surface area contributed by atoms with Crippen LogP contribution < -0.4 is 5.43 Å². The summed E-state index contributed by atoms with van der Waals surface area (Å²) in [6.45, 7) is 10.4. The summed E-state index contributed by atoms with van der Waals surface area (Å²) in [7, 11) is 0. The fourth-order valence-corrected chi connectivity index (χ4v) is 3.21. The maximum atomic E-state index is 12.4. The van der Waals surface area contributed by atoms with E-state index in [1.807, 2.05) is 13.0 Å². The van der Waals surface area contributed by atoms with Crippen LogP contribution in [0.5, 0.6) is 0 Å². The Kier molecular flexibility index (Phi) is 10.1.